The number of aromatic carboxylic acids is 1. The average Bonchev–Trinajstić information content (AvgIpc) is 2.90. The van der Waals surface area contributed by atoms with E-state index in [-0.39, 0.29) is 5.69 Å². The van der Waals surface area contributed by atoms with Crippen LogP contribution in [0, 0.1) is 0 Å². The summed E-state index contributed by atoms with van der Waals surface area (Å²) in [5.41, 5.74) is 2.85. The van der Waals surface area contributed by atoms with Gasteiger partial charge in [0.1, 0.15) is 0 Å². The maximum absolute atomic E-state index is 11.3. The summed E-state index contributed by atoms with van der Waals surface area (Å²) in [5.74, 6) is -0.966. The van der Waals surface area contributed by atoms with Crippen molar-refractivity contribution in [2.24, 2.45) is 0 Å². The van der Waals surface area contributed by atoms with Gasteiger partial charge in [-0.2, -0.15) is 5.10 Å². The molecule has 0 amide bonds. The van der Waals surface area contributed by atoms with Crippen LogP contribution in [0.25, 0.3) is 5.69 Å². The van der Waals surface area contributed by atoms with Gasteiger partial charge < -0.3 is 5.11 Å². The van der Waals surface area contributed by atoms with E-state index in [2.05, 4.69) is 52.9 Å². The minimum Gasteiger partial charge on any atom is -0.476 e. The Morgan fingerprint density at radius 1 is 1.20 bits per heavy atom. The molecule has 0 fully saturated rings. The molecule has 104 valence electrons. The topological polar surface area (TPSA) is 55.1 Å². The summed E-state index contributed by atoms with van der Waals surface area (Å²) in [7, 11) is 0. The zero-order chi connectivity index (χ0) is 14.4. The van der Waals surface area contributed by atoms with Crippen LogP contribution in [0.2, 0.25) is 0 Å². The number of benzene rings is 1. The van der Waals surface area contributed by atoms with E-state index in [0.29, 0.717) is 0 Å². The Kier molecular flexibility index (Phi) is 3.77. The maximum Gasteiger partial charge on any atom is 0.356 e. The van der Waals surface area contributed by atoms with Gasteiger partial charge in [0.25, 0.3) is 0 Å². The van der Waals surface area contributed by atoms with Crippen molar-refractivity contribution in [3.63, 3.8) is 0 Å². The molecule has 0 aliphatic heterocycles. The summed E-state index contributed by atoms with van der Waals surface area (Å²) in [5, 5.41) is 13.6. The van der Waals surface area contributed by atoms with E-state index in [9.17, 15) is 9.90 Å². The van der Waals surface area contributed by atoms with Gasteiger partial charge in [-0.05, 0) is 63.3 Å². The molecule has 0 radical (unpaired) electrons. The van der Waals surface area contributed by atoms with Crippen molar-refractivity contribution in [1.29, 1.82) is 0 Å². The van der Waals surface area contributed by atoms with Crippen LogP contribution >= 0.6 is 47.8 Å². The van der Waals surface area contributed by atoms with Gasteiger partial charge in [-0.15, -0.1) is 0 Å². The molecule has 2 aromatic rings. The van der Waals surface area contributed by atoms with Crippen molar-refractivity contribution in [2.75, 3.05) is 0 Å². The highest BCUT2D eigenvalue weighted by Crippen LogP contribution is 2.36. The molecular weight excluding hydrogens is 456 g/mol. The molecule has 7 heteroatoms. The number of carboxylic acids is 1. The molecule has 1 aliphatic rings. The lowest BCUT2D eigenvalue weighted by molar-refractivity contribution is 0.0689. The minimum absolute atomic E-state index is 0.166. The Labute approximate surface area is 140 Å². The number of halogens is 3. The molecule has 1 aromatic heterocycles. The SMILES string of the molecule is O=C(O)c1nn(-c2c(Br)cc(Br)cc2Br)c2c1CCC2. The van der Waals surface area contributed by atoms with Gasteiger partial charge >= 0.3 is 5.97 Å². The Morgan fingerprint density at radius 2 is 1.85 bits per heavy atom. The van der Waals surface area contributed by atoms with E-state index in [4.69, 9.17) is 0 Å². The molecule has 1 aliphatic carbocycles. The zero-order valence-electron chi connectivity index (χ0n) is 10.2. The highest BCUT2D eigenvalue weighted by atomic mass is 79.9. The normalized spacial score (nSPS) is 13.6. The second kappa shape index (κ2) is 5.27. The van der Waals surface area contributed by atoms with Crippen molar-refractivity contribution >= 4 is 53.8 Å². The first kappa shape index (κ1) is 14.3. The van der Waals surface area contributed by atoms with Crippen molar-refractivity contribution in [3.05, 3.63) is 42.5 Å². The Morgan fingerprint density at radius 3 is 2.45 bits per heavy atom. The van der Waals surface area contributed by atoms with Gasteiger partial charge in [-0.3, -0.25) is 0 Å². The molecule has 0 saturated heterocycles. The molecule has 0 atom stereocenters. The van der Waals surface area contributed by atoms with Crippen LogP contribution in [-0.2, 0) is 12.8 Å². The molecule has 20 heavy (non-hydrogen) atoms. The number of hydrogen-bond donors (Lipinski definition) is 1. The zero-order valence-corrected chi connectivity index (χ0v) is 14.9. The molecule has 0 unspecified atom stereocenters. The number of hydrogen-bond acceptors (Lipinski definition) is 2. The van der Waals surface area contributed by atoms with E-state index in [1.165, 1.54) is 0 Å². The number of carboxylic acid groups (broad SMARTS) is 1. The smallest absolute Gasteiger partial charge is 0.356 e. The lowest BCUT2D eigenvalue weighted by atomic mass is 10.2. The third-order valence-electron chi connectivity index (χ3n) is 3.33. The van der Waals surface area contributed by atoms with Crippen molar-refractivity contribution in [1.82, 2.24) is 9.78 Å². The monoisotopic (exact) mass is 462 g/mol. The number of rotatable bonds is 2. The second-order valence-electron chi connectivity index (χ2n) is 4.56. The van der Waals surface area contributed by atoms with Crippen LogP contribution in [-0.4, -0.2) is 20.9 Å². The quantitative estimate of drug-likeness (QED) is 0.719. The lowest BCUT2D eigenvalue weighted by Crippen LogP contribution is -2.06. The summed E-state index contributed by atoms with van der Waals surface area (Å²) in [6, 6.07) is 3.84. The Hall–Kier alpha value is -0.660. The predicted octanol–water partition coefficient (Wildman–Crippen LogP) is 4.35. The minimum atomic E-state index is -0.966. The fraction of sp³-hybridized carbons (Fsp3) is 0.231. The van der Waals surface area contributed by atoms with Crippen molar-refractivity contribution in [3.8, 4) is 5.69 Å². The van der Waals surface area contributed by atoms with E-state index in [0.717, 1.165) is 49.6 Å². The molecule has 1 heterocycles. The van der Waals surface area contributed by atoms with E-state index < -0.39 is 5.97 Å². The third-order valence-corrected chi connectivity index (χ3v) is 4.99. The van der Waals surface area contributed by atoms with Crippen LogP contribution in [0.3, 0.4) is 0 Å². The summed E-state index contributed by atoms with van der Waals surface area (Å²) < 4.78 is 4.38. The van der Waals surface area contributed by atoms with Crippen LogP contribution in [0.1, 0.15) is 28.2 Å². The number of fused-ring (bicyclic) bond motifs is 1. The lowest BCUT2D eigenvalue weighted by Gasteiger charge is -2.11. The van der Waals surface area contributed by atoms with Crippen molar-refractivity contribution < 1.29 is 9.90 Å². The van der Waals surface area contributed by atoms with E-state index in [1.54, 1.807) is 4.68 Å². The van der Waals surface area contributed by atoms with Crippen LogP contribution in [0.5, 0.6) is 0 Å². The summed E-state index contributed by atoms with van der Waals surface area (Å²) in [4.78, 5) is 11.3. The number of nitrogens with zero attached hydrogens (tertiary/aromatic N) is 2. The fourth-order valence-corrected chi connectivity index (χ4v) is 5.13. The first-order valence-electron chi connectivity index (χ1n) is 5.98. The van der Waals surface area contributed by atoms with Gasteiger partial charge in [-0.1, -0.05) is 15.9 Å². The highest BCUT2D eigenvalue weighted by Gasteiger charge is 2.28. The van der Waals surface area contributed by atoms with Gasteiger partial charge in [0.05, 0.1) is 5.69 Å². The van der Waals surface area contributed by atoms with Gasteiger partial charge in [0.2, 0.25) is 0 Å². The second-order valence-corrected chi connectivity index (χ2v) is 7.19. The summed E-state index contributed by atoms with van der Waals surface area (Å²) in [6.45, 7) is 0. The number of carbonyl (C=O) groups is 1. The number of aromatic nitrogens is 2. The Balaban J connectivity index is 2.27. The predicted molar refractivity (Wildman–Crippen MR) is 85.6 cm³/mol. The van der Waals surface area contributed by atoms with Gasteiger partial charge in [0, 0.05) is 24.7 Å². The largest absolute Gasteiger partial charge is 0.476 e. The van der Waals surface area contributed by atoms with Gasteiger partial charge in [0.15, 0.2) is 5.69 Å². The maximum atomic E-state index is 11.3. The van der Waals surface area contributed by atoms with Crippen molar-refractivity contribution in [2.45, 2.75) is 19.3 Å². The van der Waals surface area contributed by atoms with Gasteiger partial charge in [-0.25, -0.2) is 9.48 Å². The summed E-state index contributed by atoms with van der Waals surface area (Å²) >= 11 is 10.5. The molecule has 1 N–H and O–H groups in total. The highest BCUT2D eigenvalue weighted by molar-refractivity contribution is 9.11. The first-order chi connectivity index (χ1) is 9.49. The molecule has 3 rings (SSSR count). The molecule has 0 saturated carbocycles. The molecule has 0 spiro atoms. The van der Waals surface area contributed by atoms with E-state index in [1.807, 2.05) is 12.1 Å². The third kappa shape index (κ3) is 2.25. The standard InChI is InChI=1S/C13H9Br3N2O2/c14-6-4-8(15)12(9(16)5-6)18-10-3-1-2-7(10)11(17-18)13(19)20/h4-5H,1-3H2,(H,19,20). The Bertz CT molecular complexity index is 702. The molecular formula is C13H9Br3N2O2. The molecule has 0 bridgehead atoms. The average molecular weight is 465 g/mol. The summed E-state index contributed by atoms with van der Waals surface area (Å²) in [6.07, 6.45) is 2.60. The molecule has 1 aromatic carbocycles. The van der Waals surface area contributed by atoms with Crippen LogP contribution < -0.4 is 0 Å². The fourth-order valence-electron chi connectivity index (χ4n) is 2.53. The first-order valence-corrected chi connectivity index (χ1v) is 8.36. The molecule has 4 nitrogen and oxygen atoms in total. The van der Waals surface area contributed by atoms with E-state index >= 15 is 0 Å². The van der Waals surface area contributed by atoms with Crippen LogP contribution in [0.15, 0.2) is 25.6 Å². The van der Waals surface area contributed by atoms with Crippen LogP contribution in [0.4, 0.5) is 0 Å².